The number of nitrogens with zero attached hydrogens (tertiary/aromatic N) is 1. The van der Waals surface area contributed by atoms with Crippen molar-refractivity contribution < 1.29 is 4.74 Å². The van der Waals surface area contributed by atoms with Gasteiger partial charge in [0.15, 0.2) is 6.23 Å². The van der Waals surface area contributed by atoms with Gasteiger partial charge < -0.3 is 4.74 Å². The molecule has 0 aliphatic carbocycles. The lowest BCUT2D eigenvalue weighted by Crippen LogP contribution is -2.01. The summed E-state index contributed by atoms with van der Waals surface area (Å²) in [6.07, 6.45) is 9.23. The summed E-state index contributed by atoms with van der Waals surface area (Å²) in [5.41, 5.74) is 0. The van der Waals surface area contributed by atoms with E-state index in [1.165, 1.54) is 0 Å². The second-order valence-electron chi connectivity index (χ2n) is 1.69. The van der Waals surface area contributed by atoms with Crippen LogP contribution in [0.4, 0.5) is 0 Å². The molecule has 1 atom stereocenters. The molecule has 0 aromatic heterocycles. The van der Waals surface area contributed by atoms with Gasteiger partial charge in [0, 0.05) is 13.3 Å². The van der Waals surface area contributed by atoms with E-state index in [1.807, 2.05) is 24.3 Å². The molecule has 0 aromatic rings. The van der Waals surface area contributed by atoms with Crippen LogP contribution in [0, 0.1) is 0 Å². The van der Waals surface area contributed by atoms with Crippen LogP contribution < -0.4 is 0 Å². The van der Waals surface area contributed by atoms with E-state index >= 15 is 0 Å². The molecule has 0 aromatic carbocycles. The van der Waals surface area contributed by atoms with Crippen molar-refractivity contribution in [3.05, 3.63) is 24.3 Å². The van der Waals surface area contributed by atoms with Crippen molar-refractivity contribution in [1.82, 2.24) is 0 Å². The molecule has 1 rings (SSSR count). The van der Waals surface area contributed by atoms with E-state index < -0.39 is 0 Å². The molecule has 48 valence electrons. The first-order valence-electron chi connectivity index (χ1n) is 2.83. The molecule has 0 saturated heterocycles. The van der Waals surface area contributed by atoms with Crippen LogP contribution >= 0.6 is 0 Å². The average molecular weight is 123 g/mol. The van der Waals surface area contributed by atoms with E-state index in [4.69, 9.17) is 4.74 Å². The fraction of sp³-hybridized carbons (Fsp3) is 0.286. The van der Waals surface area contributed by atoms with Gasteiger partial charge in [-0.2, -0.15) is 0 Å². The van der Waals surface area contributed by atoms with Crippen molar-refractivity contribution in [3.63, 3.8) is 0 Å². The lowest BCUT2D eigenvalue weighted by atomic mass is 10.4. The maximum Gasteiger partial charge on any atom is 0.167 e. The molecule has 0 N–H and O–H groups in total. The Balaban J connectivity index is 2.58. The third-order valence-corrected chi connectivity index (χ3v) is 1.06. The van der Waals surface area contributed by atoms with Crippen molar-refractivity contribution in [3.8, 4) is 0 Å². The van der Waals surface area contributed by atoms with Gasteiger partial charge in [0.2, 0.25) is 0 Å². The molecule has 2 heteroatoms. The second kappa shape index (κ2) is 3.20. The highest BCUT2D eigenvalue weighted by Gasteiger charge is 1.94. The van der Waals surface area contributed by atoms with E-state index in [0.717, 1.165) is 0 Å². The van der Waals surface area contributed by atoms with Gasteiger partial charge in [-0.3, -0.25) is 4.99 Å². The van der Waals surface area contributed by atoms with Gasteiger partial charge in [0.25, 0.3) is 0 Å². The first-order valence-corrected chi connectivity index (χ1v) is 2.83. The van der Waals surface area contributed by atoms with E-state index in [-0.39, 0.29) is 6.23 Å². The Bertz CT molecular complexity index is 142. The van der Waals surface area contributed by atoms with Crippen LogP contribution in [-0.4, -0.2) is 19.6 Å². The highest BCUT2D eigenvalue weighted by molar-refractivity contribution is 5.72. The zero-order valence-corrected chi connectivity index (χ0v) is 5.32. The first-order chi connectivity index (χ1) is 4.43. The van der Waals surface area contributed by atoms with E-state index in [9.17, 15) is 0 Å². The lowest BCUT2D eigenvalue weighted by molar-refractivity contribution is 0.149. The largest absolute Gasteiger partial charge is 0.356 e. The smallest absolute Gasteiger partial charge is 0.167 e. The predicted molar refractivity (Wildman–Crippen MR) is 37.6 cm³/mol. The SMILES string of the molecule is COC1C=CC=CC=N1. The number of aliphatic imine (C=N–C) groups is 1. The van der Waals surface area contributed by atoms with E-state index in [2.05, 4.69) is 4.99 Å². The van der Waals surface area contributed by atoms with Crippen LogP contribution in [0.3, 0.4) is 0 Å². The van der Waals surface area contributed by atoms with Crippen LogP contribution in [0.15, 0.2) is 29.3 Å². The van der Waals surface area contributed by atoms with Crippen molar-refractivity contribution in [1.29, 1.82) is 0 Å². The van der Waals surface area contributed by atoms with Crippen molar-refractivity contribution in [2.24, 2.45) is 4.99 Å². The molecule has 0 spiro atoms. The summed E-state index contributed by atoms with van der Waals surface area (Å²) in [4.78, 5) is 4.02. The van der Waals surface area contributed by atoms with Crippen LogP contribution in [0.25, 0.3) is 0 Å². The Kier molecular flexibility index (Phi) is 2.22. The zero-order chi connectivity index (χ0) is 6.53. The standard InChI is InChI=1S/C7H9NO/c1-9-7-5-3-2-4-6-8-7/h2-7H,1H3. The maximum absolute atomic E-state index is 4.95. The quantitative estimate of drug-likeness (QED) is 0.512. The third-order valence-electron chi connectivity index (χ3n) is 1.06. The second-order valence-corrected chi connectivity index (χ2v) is 1.69. The molecule has 1 aliphatic heterocycles. The van der Waals surface area contributed by atoms with Gasteiger partial charge in [-0.05, 0) is 12.2 Å². The molecular formula is C7H9NO. The molecule has 2 nitrogen and oxygen atoms in total. The summed E-state index contributed by atoms with van der Waals surface area (Å²) in [5.74, 6) is 0. The molecule has 0 radical (unpaired) electrons. The Labute approximate surface area is 54.6 Å². The molecule has 1 unspecified atom stereocenters. The molecule has 0 fully saturated rings. The van der Waals surface area contributed by atoms with Crippen molar-refractivity contribution in [2.45, 2.75) is 6.23 Å². The number of allylic oxidation sites excluding steroid dienone is 3. The maximum atomic E-state index is 4.95. The highest BCUT2D eigenvalue weighted by Crippen LogP contribution is 1.96. The lowest BCUT2D eigenvalue weighted by Gasteiger charge is -2.00. The molecule has 0 bridgehead atoms. The molecule has 1 heterocycles. The fourth-order valence-electron chi connectivity index (χ4n) is 0.597. The van der Waals surface area contributed by atoms with Gasteiger partial charge in [0.05, 0.1) is 0 Å². The van der Waals surface area contributed by atoms with E-state index in [1.54, 1.807) is 13.3 Å². The minimum absolute atomic E-state index is 0.0972. The summed E-state index contributed by atoms with van der Waals surface area (Å²) in [6.45, 7) is 0. The van der Waals surface area contributed by atoms with Gasteiger partial charge in [-0.25, -0.2) is 0 Å². The van der Waals surface area contributed by atoms with Gasteiger partial charge in [-0.1, -0.05) is 12.2 Å². The Morgan fingerprint density at radius 2 is 2.22 bits per heavy atom. The van der Waals surface area contributed by atoms with Crippen molar-refractivity contribution in [2.75, 3.05) is 7.11 Å². The Hall–Kier alpha value is -0.890. The molecule has 9 heavy (non-hydrogen) atoms. The molecule has 0 saturated carbocycles. The Morgan fingerprint density at radius 1 is 1.33 bits per heavy atom. The van der Waals surface area contributed by atoms with Crippen molar-refractivity contribution >= 4 is 6.21 Å². The number of hydrogen-bond acceptors (Lipinski definition) is 2. The Morgan fingerprint density at radius 3 is 3.00 bits per heavy atom. The number of ether oxygens (including phenoxy) is 1. The van der Waals surface area contributed by atoms with Crippen LogP contribution in [-0.2, 0) is 4.74 Å². The number of hydrogen-bond donors (Lipinski definition) is 0. The zero-order valence-electron chi connectivity index (χ0n) is 5.32. The first kappa shape index (κ1) is 6.23. The highest BCUT2D eigenvalue weighted by atomic mass is 16.5. The fourth-order valence-corrected chi connectivity index (χ4v) is 0.597. The van der Waals surface area contributed by atoms with Gasteiger partial charge >= 0.3 is 0 Å². The normalized spacial score (nSPS) is 24.3. The third kappa shape index (κ3) is 1.82. The van der Waals surface area contributed by atoms with E-state index in [0.29, 0.717) is 0 Å². The summed E-state index contributed by atoms with van der Waals surface area (Å²) in [7, 11) is 1.64. The van der Waals surface area contributed by atoms with Gasteiger partial charge in [0.1, 0.15) is 0 Å². The average Bonchev–Trinajstić information content (AvgIpc) is 2.13. The topological polar surface area (TPSA) is 21.6 Å². The molecular weight excluding hydrogens is 114 g/mol. The number of rotatable bonds is 1. The monoisotopic (exact) mass is 123 g/mol. The van der Waals surface area contributed by atoms with Crippen LogP contribution in [0.2, 0.25) is 0 Å². The van der Waals surface area contributed by atoms with Crippen LogP contribution in [0.1, 0.15) is 0 Å². The summed E-state index contributed by atoms with van der Waals surface area (Å²) in [5, 5.41) is 0. The van der Waals surface area contributed by atoms with Gasteiger partial charge in [-0.15, -0.1) is 0 Å². The predicted octanol–water partition coefficient (Wildman–Crippen LogP) is 1.16. The minimum atomic E-state index is -0.0972. The summed E-state index contributed by atoms with van der Waals surface area (Å²) >= 11 is 0. The molecule has 0 amide bonds. The minimum Gasteiger partial charge on any atom is -0.356 e. The summed E-state index contributed by atoms with van der Waals surface area (Å²) in [6, 6.07) is 0. The molecule has 1 aliphatic rings. The number of methoxy groups -OCH3 is 1. The summed E-state index contributed by atoms with van der Waals surface area (Å²) < 4.78 is 4.95. The van der Waals surface area contributed by atoms with Crippen LogP contribution in [0.5, 0.6) is 0 Å².